The van der Waals surface area contributed by atoms with Crippen LogP contribution in [-0.4, -0.2) is 26.7 Å². The number of unbranched alkanes of at least 4 members (excludes halogenated alkanes) is 6. The Morgan fingerprint density at radius 1 is 1.06 bits per heavy atom. The van der Waals surface area contributed by atoms with Crippen LogP contribution in [0.25, 0.3) is 0 Å². The molecule has 1 aromatic rings. The van der Waals surface area contributed by atoms with E-state index < -0.39 is 0 Å². The number of thiol groups is 1. The van der Waals surface area contributed by atoms with Gasteiger partial charge in [-0.15, -0.1) is 5.10 Å². The van der Waals surface area contributed by atoms with Crippen molar-refractivity contribution in [3.05, 3.63) is 5.82 Å². The molecule has 1 aromatic heterocycles. The topological polar surface area (TPSA) is 41.6 Å². The van der Waals surface area contributed by atoms with Crippen LogP contribution in [0.4, 0.5) is 0 Å². The molecular formula is C12H23N3S2. The second-order valence-electron chi connectivity index (χ2n) is 4.25. The van der Waals surface area contributed by atoms with E-state index in [-0.39, 0.29) is 0 Å². The van der Waals surface area contributed by atoms with Crippen molar-refractivity contribution in [1.82, 2.24) is 15.2 Å². The summed E-state index contributed by atoms with van der Waals surface area (Å²) >= 11 is 5.96. The van der Waals surface area contributed by atoms with E-state index in [0.29, 0.717) is 0 Å². The molecule has 0 saturated heterocycles. The van der Waals surface area contributed by atoms with Gasteiger partial charge in [-0.2, -0.15) is 12.6 Å². The minimum Gasteiger partial charge on any atom is -0.262 e. The molecule has 5 heteroatoms. The maximum atomic E-state index is 4.27. The van der Waals surface area contributed by atoms with E-state index >= 15 is 0 Å². The maximum absolute atomic E-state index is 4.27. The summed E-state index contributed by atoms with van der Waals surface area (Å²) in [6.45, 7) is 1.93. The summed E-state index contributed by atoms with van der Waals surface area (Å²) in [5.41, 5.74) is 0. The molecular weight excluding hydrogens is 250 g/mol. The fourth-order valence-electron chi connectivity index (χ4n) is 1.65. The first-order valence-electron chi connectivity index (χ1n) is 6.45. The summed E-state index contributed by atoms with van der Waals surface area (Å²) < 4.78 is 0. The summed E-state index contributed by atoms with van der Waals surface area (Å²) in [5, 5.41) is 7.85. The zero-order valence-electron chi connectivity index (χ0n) is 10.6. The molecule has 0 aliphatic rings. The molecule has 0 aliphatic heterocycles. The van der Waals surface area contributed by atoms with Crippen LogP contribution in [0.5, 0.6) is 0 Å². The highest BCUT2D eigenvalue weighted by atomic mass is 32.2. The SMILES string of the molecule is Cc1nc(SCCCCCCCCCS)n[nH]1. The van der Waals surface area contributed by atoms with Gasteiger partial charge in [-0.25, -0.2) is 4.98 Å². The molecule has 0 unspecified atom stereocenters. The molecule has 1 heterocycles. The number of aryl methyl sites for hydroxylation is 1. The zero-order valence-corrected chi connectivity index (χ0v) is 12.3. The summed E-state index contributed by atoms with van der Waals surface area (Å²) in [7, 11) is 0. The van der Waals surface area contributed by atoms with Crippen molar-refractivity contribution in [2.75, 3.05) is 11.5 Å². The van der Waals surface area contributed by atoms with Gasteiger partial charge in [0, 0.05) is 5.75 Å². The first-order valence-corrected chi connectivity index (χ1v) is 8.07. The lowest BCUT2D eigenvalue weighted by Crippen LogP contribution is -1.85. The van der Waals surface area contributed by atoms with Gasteiger partial charge in [0.05, 0.1) is 0 Å². The summed E-state index contributed by atoms with van der Waals surface area (Å²) in [4.78, 5) is 4.27. The van der Waals surface area contributed by atoms with Crippen molar-refractivity contribution in [3.8, 4) is 0 Å². The normalized spacial score (nSPS) is 10.9. The fourth-order valence-corrected chi connectivity index (χ4v) is 2.71. The van der Waals surface area contributed by atoms with E-state index in [2.05, 4.69) is 27.8 Å². The molecule has 3 nitrogen and oxygen atoms in total. The molecule has 0 spiro atoms. The summed E-state index contributed by atoms with van der Waals surface area (Å²) in [5.74, 6) is 3.07. The molecule has 0 fully saturated rings. The number of aromatic nitrogens is 3. The first kappa shape index (κ1) is 14.9. The summed E-state index contributed by atoms with van der Waals surface area (Å²) in [6, 6.07) is 0. The van der Waals surface area contributed by atoms with E-state index in [1.54, 1.807) is 11.8 Å². The van der Waals surface area contributed by atoms with Gasteiger partial charge < -0.3 is 0 Å². The Balaban J connectivity index is 1.84. The van der Waals surface area contributed by atoms with Crippen molar-refractivity contribution >= 4 is 24.4 Å². The Morgan fingerprint density at radius 2 is 1.71 bits per heavy atom. The van der Waals surface area contributed by atoms with E-state index in [9.17, 15) is 0 Å². The quantitative estimate of drug-likeness (QED) is 0.386. The van der Waals surface area contributed by atoms with Gasteiger partial charge in [-0.3, -0.25) is 5.10 Å². The van der Waals surface area contributed by atoms with Gasteiger partial charge in [0.15, 0.2) is 0 Å². The number of rotatable bonds is 10. The lowest BCUT2D eigenvalue weighted by molar-refractivity contribution is 0.605. The molecule has 0 aliphatic carbocycles. The Labute approximate surface area is 114 Å². The lowest BCUT2D eigenvalue weighted by Gasteiger charge is -2.00. The third-order valence-corrected chi connectivity index (χ3v) is 3.86. The number of nitrogens with one attached hydrogen (secondary N) is 1. The minimum absolute atomic E-state index is 0.885. The number of hydrogen-bond donors (Lipinski definition) is 2. The zero-order chi connectivity index (χ0) is 12.3. The van der Waals surface area contributed by atoms with Gasteiger partial charge in [-0.05, 0) is 25.5 Å². The average molecular weight is 273 g/mol. The molecule has 0 atom stereocenters. The molecule has 0 radical (unpaired) electrons. The van der Waals surface area contributed by atoms with Crippen LogP contribution >= 0.6 is 24.4 Å². The Kier molecular flexibility index (Phi) is 8.61. The van der Waals surface area contributed by atoms with Gasteiger partial charge in [0.1, 0.15) is 5.82 Å². The van der Waals surface area contributed by atoms with Gasteiger partial charge >= 0.3 is 0 Å². The molecule has 0 aromatic carbocycles. The largest absolute Gasteiger partial charge is 0.262 e. The Morgan fingerprint density at radius 3 is 2.29 bits per heavy atom. The highest BCUT2D eigenvalue weighted by Gasteiger charge is 1.99. The van der Waals surface area contributed by atoms with Crippen molar-refractivity contribution in [1.29, 1.82) is 0 Å². The third kappa shape index (κ3) is 7.71. The molecule has 0 amide bonds. The summed E-state index contributed by atoms with van der Waals surface area (Å²) in [6.07, 6.45) is 9.31. The number of aromatic amines is 1. The smallest absolute Gasteiger partial charge is 0.208 e. The number of thioether (sulfide) groups is 1. The monoisotopic (exact) mass is 273 g/mol. The predicted octanol–water partition coefficient (Wildman–Crippen LogP) is 3.87. The number of nitrogens with zero attached hydrogens (tertiary/aromatic N) is 2. The third-order valence-electron chi connectivity index (χ3n) is 2.61. The first-order chi connectivity index (χ1) is 8.33. The molecule has 98 valence electrons. The van der Waals surface area contributed by atoms with Crippen LogP contribution in [0.1, 0.15) is 50.8 Å². The number of hydrogen-bond acceptors (Lipinski definition) is 4. The molecule has 1 rings (SSSR count). The van der Waals surface area contributed by atoms with Crippen molar-refractivity contribution in [3.63, 3.8) is 0 Å². The van der Waals surface area contributed by atoms with E-state index in [4.69, 9.17) is 0 Å². The van der Waals surface area contributed by atoms with E-state index in [0.717, 1.165) is 22.5 Å². The number of H-pyrrole nitrogens is 1. The second kappa shape index (κ2) is 9.83. The highest BCUT2D eigenvalue weighted by molar-refractivity contribution is 7.99. The van der Waals surface area contributed by atoms with Gasteiger partial charge in [0.2, 0.25) is 5.16 Å². The van der Waals surface area contributed by atoms with E-state index in [1.165, 1.54) is 44.9 Å². The van der Waals surface area contributed by atoms with Crippen LogP contribution in [0.2, 0.25) is 0 Å². The second-order valence-corrected chi connectivity index (χ2v) is 5.76. The Bertz CT molecular complexity index is 289. The average Bonchev–Trinajstić information content (AvgIpc) is 2.73. The van der Waals surface area contributed by atoms with Crippen LogP contribution < -0.4 is 0 Å². The highest BCUT2D eigenvalue weighted by Crippen LogP contribution is 2.15. The maximum Gasteiger partial charge on any atom is 0.208 e. The minimum atomic E-state index is 0.885. The van der Waals surface area contributed by atoms with Crippen molar-refractivity contribution < 1.29 is 0 Å². The van der Waals surface area contributed by atoms with Crippen LogP contribution in [0.3, 0.4) is 0 Å². The fraction of sp³-hybridized carbons (Fsp3) is 0.833. The predicted molar refractivity (Wildman–Crippen MR) is 78.0 cm³/mol. The Hall–Kier alpha value is -0.160. The van der Waals surface area contributed by atoms with Crippen molar-refractivity contribution in [2.24, 2.45) is 0 Å². The molecule has 0 bridgehead atoms. The van der Waals surface area contributed by atoms with Crippen LogP contribution in [-0.2, 0) is 0 Å². The molecule has 0 saturated carbocycles. The van der Waals surface area contributed by atoms with Crippen LogP contribution in [0, 0.1) is 6.92 Å². The van der Waals surface area contributed by atoms with E-state index in [1.807, 2.05) is 6.92 Å². The van der Waals surface area contributed by atoms with Gasteiger partial charge in [-0.1, -0.05) is 43.9 Å². The van der Waals surface area contributed by atoms with Gasteiger partial charge in [0.25, 0.3) is 0 Å². The lowest BCUT2D eigenvalue weighted by atomic mass is 10.1. The van der Waals surface area contributed by atoms with Crippen molar-refractivity contribution in [2.45, 2.75) is 57.0 Å². The van der Waals surface area contributed by atoms with Crippen LogP contribution in [0.15, 0.2) is 5.16 Å². The molecule has 1 N–H and O–H groups in total. The standard InChI is InChI=1S/C12H23N3S2/c1-11-13-12(15-14-11)17-10-8-6-4-2-3-5-7-9-16/h16H,2-10H2,1H3,(H,13,14,15). The molecule has 17 heavy (non-hydrogen) atoms.